The zero-order chi connectivity index (χ0) is 15.5. The Balaban J connectivity index is 2.34. The van der Waals surface area contributed by atoms with Gasteiger partial charge < -0.3 is 14.8 Å². The zero-order valence-corrected chi connectivity index (χ0v) is 14.4. The molecule has 0 saturated heterocycles. The lowest BCUT2D eigenvalue weighted by Gasteiger charge is -2.13. The molecule has 0 spiro atoms. The van der Waals surface area contributed by atoms with Crippen LogP contribution in [0.15, 0.2) is 12.1 Å². The minimum atomic E-state index is 0.559. The fourth-order valence-corrected chi connectivity index (χ4v) is 2.51. The van der Waals surface area contributed by atoms with Crippen molar-refractivity contribution in [2.75, 3.05) is 26.4 Å². The van der Waals surface area contributed by atoms with Crippen LogP contribution in [0.1, 0.15) is 38.7 Å². The molecule has 0 heterocycles. The lowest BCUT2D eigenvalue weighted by molar-refractivity contribution is 0.128. The van der Waals surface area contributed by atoms with Gasteiger partial charge in [0, 0.05) is 30.3 Å². The van der Waals surface area contributed by atoms with E-state index < -0.39 is 0 Å². The van der Waals surface area contributed by atoms with Gasteiger partial charge >= 0.3 is 0 Å². The van der Waals surface area contributed by atoms with Crippen LogP contribution in [0.2, 0.25) is 10.0 Å². The molecular formula is C16H25Cl2NO2. The molecule has 0 aliphatic heterocycles. The molecule has 0 amide bonds. The van der Waals surface area contributed by atoms with E-state index in [-0.39, 0.29) is 0 Å². The summed E-state index contributed by atoms with van der Waals surface area (Å²) >= 11 is 12.2. The van der Waals surface area contributed by atoms with Gasteiger partial charge in [-0.25, -0.2) is 0 Å². The highest BCUT2D eigenvalue weighted by molar-refractivity contribution is 6.35. The fraction of sp³-hybridized carbons (Fsp3) is 0.625. The monoisotopic (exact) mass is 333 g/mol. The number of unbranched alkanes of at least 4 members (excludes halogenated alkanes) is 1. The summed E-state index contributed by atoms with van der Waals surface area (Å²) in [7, 11) is 0. The molecule has 0 aromatic heterocycles. The van der Waals surface area contributed by atoms with Gasteiger partial charge in [0.1, 0.15) is 5.75 Å². The fourth-order valence-electron chi connectivity index (χ4n) is 1.92. The van der Waals surface area contributed by atoms with Crippen LogP contribution in [0.3, 0.4) is 0 Å². The lowest BCUT2D eigenvalue weighted by atomic mass is 10.2. The Bertz CT molecular complexity index is 414. The minimum absolute atomic E-state index is 0.559. The minimum Gasteiger partial charge on any atom is -0.492 e. The second-order valence-electron chi connectivity index (χ2n) is 4.81. The van der Waals surface area contributed by atoms with E-state index in [0.29, 0.717) is 23.2 Å². The molecule has 0 aliphatic carbocycles. The number of ether oxygens (including phenoxy) is 2. The Morgan fingerprint density at radius 2 is 1.86 bits per heavy atom. The smallest absolute Gasteiger partial charge is 0.142 e. The Morgan fingerprint density at radius 1 is 1.10 bits per heavy atom. The molecule has 3 nitrogen and oxygen atoms in total. The maximum absolute atomic E-state index is 6.17. The number of halogens is 2. The second-order valence-corrected chi connectivity index (χ2v) is 5.65. The van der Waals surface area contributed by atoms with Gasteiger partial charge in [0.05, 0.1) is 11.6 Å². The van der Waals surface area contributed by atoms with Crippen molar-refractivity contribution in [2.24, 2.45) is 0 Å². The number of rotatable bonds is 11. The van der Waals surface area contributed by atoms with Crippen molar-refractivity contribution in [1.82, 2.24) is 5.32 Å². The first-order valence-corrected chi connectivity index (χ1v) is 8.33. The number of benzene rings is 1. The van der Waals surface area contributed by atoms with Crippen LogP contribution in [0.25, 0.3) is 0 Å². The Hall–Kier alpha value is -0.480. The van der Waals surface area contributed by atoms with E-state index in [2.05, 4.69) is 12.2 Å². The van der Waals surface area contributed by atoms with Crippen molar-refractivity contribution in [2.45, 2.75) is 39.7 Å². The molecule has 1 N–H and O–H groups in total. The van der Waals surface area contributed by atoms with Gasteiger partial charge in [-0.15, -0.1) is 0 Å². The highest BCUT2D eigenvalue weighted by Gasteiger charge is 2.10. The summed E-state index contributed by atoms with van der Waals surface area (Å²) in [5.74, 6) is 0.718. The quantitative estimate of drug-likeness (QED) is 0.596. The van der Waals surface area contributed by atoms with Crippen molar-refractivity contribution in [3.63, 3.8) is 0 Å². The number of hydrogen-bond acceptors (Lipinski definition) is 3. The van der Waals surface area contributed by atoms with Crippen molar-refractivity contribution in [3.8, 4) is 5.75 Å². The summed E-state index contributed by atoms with van der Waals surface area (Å²) in [5, 5.41) is 4.56. The molecule has 1 aromatic carbocycles. The molecule has 120 valence electrons. The van der Waals surface area contributed by atoms with Crippen molar-refractivity contribution in [1.29, 1.82) is 0 Å². The van der Waals surface area contributed by atoms with Gasteiger partial charge in [-0.3, -0.25) is 0 Å². The van der Waals surface area contributed by atoms with E-state index >= 15 is 0 Å². The van der Waals surface area contributed by atoms with Crippen molar-refractivity contribution < 1.29 is 9.47 Å². The predicted octanol–water partition coefficient (Wildman–Crippen LogP) is 4.69. The molecule has 5 heteroatoms. The van der Waals surface area contributed by atoms with Crippen LogP contribution in [-0.2, 0) is 11.3 Å². The first-order chi connectivity index (χ1) is 10.2. The van der Waals surface area contributed by atoms with Crippen LogP contribution in [0.4, 0.5) is 0 Å². The van der Waals surface area contributed by atoms with Crippen LogP contribution in [0.5, 0.6) is 5.75 Å². The normalized spacial score (nSPS) is 10.9. The van der Waals surface area contributed by atoms with E-state index in [1.807, 2.05) is 13.0 Å². The zero-order valence-electron chi connectivity index (χ0n) is 12.9. The average molecular weight is 334 g/mol. The maximum atomic E-state index is 6.17. The molecule has 0 fully saturated rings. The van der Waals surface area contributed by atoms with Gasteiger partial charge in [0.2, 0.25) is 0 Å². The molecule has 0 unspecified atom stereocenters. The van der Waals surface area contributed by atoms with Gasteiger partial charge in [-0.1, -0.05) is 36.5 Å². The largest absolute Gasteiger partial charge is 0.492 e. The van der Waals surface area contributed by atoms with Crippen LogP contribution in [0, 0.1) is 0 Å². The third-order valence-electron chi connectivity index (χ3n) is 2.97. The Labute approximate surface area is 137 Å². The summed E-state index contributed by atoms with van der Waals surface area (Å²) < 4.78 is 11.1. The molecule has 0 saturated carbocycles. The van der Waals surface area contributed by atoms with E-state index in [1.54, 1.807) is 6.07 Å². The Morgan fingerprint density at radius 3 is 2.57 bits per heavy atom. The van der Waals surface area contributed by atoms with Gasteiger partial charge in [0.25, 0.3) is 0 Å². The summed E-state index contributed by atoms with van der Waals surface area (Å²) in [5.41, 5.74) is 0.987. The molecule has 0 radical (unpaired) electrons. The first-order valence-electron chi connectivity index (χ1n) is 7.58. The molecule has 0 atom stereocenters. The van der Waals surface area contributed by atoms with E-state index in [4.69, 9.17) is 32.7 Å². The van der Waals surface area contributed by atoms with Crippen LogP contribution >= 0.6 is 23.2 Å². The molecule has 1 aromatic rings. The van der Waals surface area contributed by atoms with E-state index in [1.165, 1.54) is 6.42 Å². The lowest BCUT2D eigenvalue weighted by Crippen LogP contribution is -2.17. The standard InChI is InChI=1S/C16H25Cl2NO2/c1-3-5-8-20-9-6-7-19-12-13-10-14(17)11-15(18)16(13)21-4-2/h10-11,19H,3-9,12H2,1-2H3. The highest BCUT2D eigenvalue weighted by atomic mass is 35.5. The Kier molecular flexibility index (Phi) is 9.85. The van der Waals surface area contributed by atoms with Gasteiger partial charge in [-0.05, 0) is 38.4 Å². The second kappa shape index (κ2) is 11.1. The number of nitrogens with one attached hydrogen (secondary N) is 1. The number of hydrogen-bond donors (Lipinski definition) is 1. The molecule has 0 aliphatic rings. The van der Waals surface area contributed by atoms with Crippen LogP contribution in [-0.4, -0.2) is 26.4 Å². The molecule has 0 bridgehead atoms. The predicted molar refractivity (Wildman–Crippen MR) is 89.7 cm³/mol. The molecule has 21 heavy (non-hydrogen) atoms. The van der Waals surface area contributed by atoms with Crippen molar-refractivity contribution >= 4 is 23.2 Å². The van der Waals surface area contributed by atoms with Crippen molar-refractivity contribution in [3.05, 3.63) is 27.7 Å². The third-order valence-corrected chi connectivity index (χ3v) is 3.47. The van der Waals surface area contributed by atoms with Crippen LogP contribution < -0.4 is 10.1 Å². The molecule has 1 rings (SSSR count). The highest BCUT2D eigenvalue weighted by Crippen LogP contribution is 2.32. The summed E-state index contributed by atoms with van der Waals surface area (Å²) in [6.45, 7) is 7.91. The summed E-state index contributed by atoms with van der Waals surface area (Å²) in [4.78, 5) is 0. The topological polar surface area (TPSA) is 30.5 Å². The summed E-state index contributed by atoms with van der Waals surface area (Å²) in [6.07, 6.45) is 3.29. The summed E-state index contributed by atoms with van der Waals surface area (Å²) in [6, 6.07) is 3.60. The maximum Gasteiger partial charge on any atom is 0.142 e. The average Bonchev–Trinajstić information content (AvgIpc) is 2.45. The van der Waals surface area contributed by atoms with Gasteiger partial charge in [-0.2, -0.15) is 0 Å². The third kappa shape index (κ3) is 7.37. The first kappa shape index (κ1) is 18.6. The molecular weight excluding hydrogens is 309 g/mol. The van der Waals surface area contributed by atoms with E-state index in [9.17, 15) is 0 Å². The van der Waals surface area contributed by atoms with Gasteiger partial charge in [0.15, 0.2) is 0 Å². The SMILES string of the molecule is CCCCOCCCNCc1cc(Cl)cc(Cl)c1OCC. The van der Waals surface area contributed by atoms with E-state index in [0.717, 1.165) is 43.9 Å².